The molecule has 0 fully saturated rings. The zero-order valence-corrected chi connectivity index (χ0v) is 25.2. The van der Waals surface area contributed by atoms with Crippen LogP contribution in [0, 0.1) is 5.82 Å². The van der Waals surface area contributed by atoms with Gasteiger partial charge in [-0.2, -0.15) is 0 Å². The van der Waals surface area contributed by atoms with E-state index >= 15 is 0 Å². The zero-order valence-electron chi connectivity index (χ0n) is 24.4. The third-order valence-electron chi connectivity index (χ3n) is 7.81. The molecule has 226 valence electrons. The molecule has 45 heavy (non-hydrogen) atoms. The van der Waals surface area contributed by atoms with Crippen LogP contribution in [0.1, 0.15) is 44.3 Å². The molecule has 0 aliphatic heterocycles. The van der Waals surface area contributed by atoms with Crippen LogP contribution in [0.25, 0.3) is 10.9 Å². The van der Waals surface area contributed by atoms with Crippen molar-refractivity contribution in [2.75, 3.05) is 6.61 Å². The van der Waals surface area contributed by atoms with E-state index in [-0.39, 0.29) is 17.4 Å². The fraction of sp³-hybridized carbons (Fsp3) is 0.132. The number of hydrogen-bond donors (Lipinski definition) is 1. The Morgan fingerprint density at radius 1 is 0.800 bits per heavy atom. The van der Waals surface area contributed by atoms with Crippen molar-refractivity contribution >= 4 is 28.5 Å². The number of nitrogens with zero attached hydrogens (tertiary/aromatic N) is 1. The van der Waals surface area contributed by atoms with Crippen LogP contribution < -0.4 is 4.74 Å². The maximum atomic E-state index is 13.5. The third kappa shape index (κ3) is 6.93. The van der Waals surface area contributed by atoms with Gasteiger partial charge in [0, 0.05) is 28.0 Å². The second-order valence-corrected chi connectivity index (χ2v) is 11.2. The van der Waals surface area contributed by atoms with Gasteiger partial charge in [-0.3, -0.25) is 0 Å². The summed E-state index contributed by atoms with van der Waals surface area (Å²) in [6, 6.07) is 39.2. The summed E-state index contributed by atoms with van der Waals surface area (Å²) in [6.45, 7) is 0.961. The number of aromatic nitrogens is 1. The first-order chi connectivity index (χ1) is 22.0. The fourth-order valence-corrected chi connectivity index (χ4v) is 5.88. The Bertz CT molecular complexity index is 1850. The molecule has 0 bridgehead atoms. The van der Waals surface area contributed by atoms with E-state index in [2.05, 4.69) is 34.9 Å². The van der Waals surface area contributed by atoms with Crippen LogP contribution in [-0.2, 0) is 24.4 Å². The normalized spacial score (nSPS) is 11.3. The molecule has 0 radical (unpaired) electrons. The summed E-state index contributed by atoms with van der Waals surface area (Å²) < 4.78 is 28.3. The smallest absolute Gasteiger partial charge is 0.335 e. The maximum Gasteiger partial charge on any atom is 0.335 e. The van der Waals surface area contributed by atoms with Crippen LogP contribution in [0.2, 0.25) is 5.02 Å². The van der Waals surface area contributed by atoms with Gasteiger partial charge < -0.3 is 19.1 Å². The molecule has 1 heterocycles. The van der Waals surface area contributed by atoms with Gasteiger partial charge in [-0.25, -0.2) is 9.18 Å². The van der Waals surface area contributed by atoms with E-state index in [0.29, 0.717) is 37.0 Å². The second kappa shape index (κ2) is 13.8. The van der Waals surface area contributed by atoms with Crippen molar-refractivity contribution in [3.63, 3.8) is 0 Å². The molecule has 1 aromatic heterocycles. The lowest BCUT2D eigenvalue weighted by Gasteiger charge is -2.25. The molecule has 1 N–H and O–H groups in total. The van der Waals surface area contributed by atoms with Crippen LogP contribution >= 0.6 is 11.6 Å². The predicted octanol–water partition coefficient (Wildman–Crippen LogP) is 9.11. The highest BCUT2D eigenvalue weighted by atomic mass is 35.5. The van der Waals surface area contributed by atoms with Crippen molar-refractivity contribution in [3.05, 3.63) is 172 Å². The molecule has 0 saturated heterocycles. The maximum absolute atomic E-state index is 13.5. The van der Waals surface area contributed by atoms with Crippen LogP contribution in [0.4, 0.5) is 4.39 Å². The molecule has 0 aliphatic rings. The molecule has 5 nitrogen and oxygen atoms in total. The Morgan fingerprint density at radius 2 is 1.44 bits per heavy atom. The summed E-state index contributed by atoms with van der Waals surface area (Å²) in [6.07, 6.45) is 0.552. The van der Waals surface area contributed by atoms with Crippen molar-refractivity contribution in [2.45, 2.75) is 25.7 Å². The molecule has 0 unspecified atom stereocenters. The van der Waals surface area contributed by atoms with Crippen LogP contribution in [0.3, 0.4) is 0 Å². The van der Waals surface area contributed by atoms with E-state index in [1.165, 1.54) is 24.3 Å². The Labute approximate surface area is 266 Å². The molecular weight excluding hydrogens is 589 g/mol. The molecule has 0 amide bonds. The Morgan fingerprint density at radius 3 is 2.07 bits per heavy atom. The summed E-state index contributed by atoms with van der Waals surface area (Å²) in [7, 11) is 0. The first-order valence-corrected chi connectivity index (χ1v) is 15.0. The molecular formula is C38H31ClFNO4. The number of benzene rings is 5. The molecule has 0 saturated carbocycles. The fourth-order valence-electron chi connectivity index (χ4n) is 5.71. The summed E-state index contributed by atoms with van der Waals surface area (Å²) in [5.74, 6) is -0.686. The Hall–Kier alpha value is -4.91. The van der Waals surface area contributed by atoms with E-state index in [1.807, 2.05) is 48.5 Å². The lowest BCUT2D eigenvalue weighted by Crippen LogP contribution is -2.17. The SMILES string of the molecule is O=C(O)c1ccc(OCCc2c(COCc3ccc(F)cc3)n(C(c3ccccc3)c3ccccc3)c3ccc(Cl)cc23)cc1. The van der Waals surface area contributed by atoms with Crippen molar-refractivity contribution in [1.29, 1.82) is 0 Å². The monoisotopic (exact) mass is 619 g/mol. The first kappa shape index (κ1) is 30.1. The topological polar surface area (TPSA) is 60.7 Å². The van der Waals surface area contributed by atoms with Crippen LogP contribution in [0.15, 0.2) is 127 Å². The quantitative estimate of drug-likeness (QED) is 0.148. The highest BCUT2D eigenvalue weighted by Crippen LogP contribution is 2.38. The Balaban J connectivity index is 1.43. The number of ether oxygens (including phenoxy) is 2. The highest BCUT2D eigenvalue weighted by Gasteiger charge is 2.26. The largest absolute Gasteiger partial charge is 0.493 e. The van der Waals surface area contributed by atoms with E-state index < -0.39 is 5.97 Å². The molecule has 0 atom stereocenters. The average Bonchev–Trinajstić information content (AvgIpc) is 3.35. The summed E-state index contributed by atoms with van der Waals surface area (Å²) in [4.78, 5) is 11.3. The van der Waals surface area contributed by atoms with Gasteiger partial charge in [0.15, 0.2) is 0 Å². The van der Waals surface area contributed by atoms with Gasteiger partial charge in [0.1, 0.15) is 11.6 Å². The lowest BCUT2D eigenvalue weighted by atomic mass is 9.98. The van der Waals surface area contributed by atoms with E-state index in [0.717, 1.165) is 38.9 Å². The van der Waals surface area contributed by atoms with Crippen molar-refractivity contribution in [3.8, 4) is 5.75 Å². The highest BCUT2D eigenvalue weighted by molar-refractivity contribution is 6.31. The lowest BCUT2D eigenvalue weighted by molar-refractivity contribution is 0.0697. The number of halogens is 2. The second-order valence-electron chi connectivity index (χ2n) is 10.7. The molecule has 7 heteroatoms. The number of hydrogen-bond acceptors (Lipinski definition) is 3. The zero-order chi connectivity index (χ0) is 31.2. The van der Waals surface area contributed by atoms with Gasteiger partial charge in [0.25, 0.3) is 0 Å². The number of carbonyl (C=O) groups is 1. The van der Waals surface area contributed by atoms with Crippen LogP contribution in [-0.4, -0.2) is 22.2 Å². The standard InChI is InChI=1S/C38H31ClFNO4/c39-30-15-20-35-34(23-30)33(21-22-45-32-18-13-29(14-19-32)38(42)43)36(25-44-24-26-11-16-31(40)17-12-26)41(35)37(27-7-3-1-4-8-27)28-9-5-2-6-10-28/h1-20,23,37H,21-22,24-25H2,(H,42,43). The van der Waals surface area contributed by atoms with Gasteiger partial charge in [-0.15, -0.1) is 0 Å². The van der Waals surface area contributed by atoms with Crippen molar-refractivity contribution < 1.29 is 23.8 Å². The van der Waals surface area contributed by atoms with E-state index in [9.17, 15) is 14.3 Å². The van der Waals surface area contributed by atoms with Crippen LogP contribution in [0.5, 0.6) is 5.75 Å². The van der Waals surface area contributed by atoms with Gasteiger partial charge in [-0.05, 0) is 76.9 Å². The van der Waals surface area contributed by atoms with Gasteiger partial charge >= 0.3 is 5.97 Å². The number of fused-ring (bicyclic) bond motifs is 1. The number of aromatic carboxylic acids is 1. The molecule has 5 aromatic carbocycles. The predicted molar refractivity (Wildman–Crippen MR) is 175 cm³/mol. The molecule has 6 aromatic rings. The van der Waals surface area contributed by atoms with Crippen molar-refractivity contribution in [2.24, 2.45) is 0 Å². The van der Waals surface area contributed by atoms with E-state index in [1.54, 1.807) is 24.3 Å². The van der Waals surface area contributed by atoms with Crippen molar-refractivity contribution in [1.82, 2.24) is 4.57 Å². The summed E-state index contributed by atoms with van der Waals surface area (Å²) >= 11 is 6.58. The third-order valence-corrected chi connectivity index (χ3v) is 8.05. The van der Waals surface area contributed by atoms with Gasteiger partial charge in [-0.1, -0.05) is 84.4 Å². The minimum atomic E-state index is -0.983. The number of rotatable bonds is 12. The molecule has 0 spiro atoms. The molecule has 0 aliphatic carbocycles. The Kier molecular flexibility index (Phi) is 9.24. The summed E-state index contributed by atoms with van der Waals surface area (Å²) in [5, 5.41) is 10.9. The minimum Gasteiger partial charge on any atom is -0.493 e. The molecule has 6 rings (SSSR count). The van der Waals surface area contributed by atoms with Gasteiger partial charge in [0.2, 0.25) is 0 Å². The van der Waals surface area contributed by atoms with Gasteiger partial charge in [0.05, 0.1) is 31.4 Å². The number of carboxylic acids is 1. The van der Waals surface area contributed by atoms with E-state index in [4.69, 9.17) is 21.1 Å². The minimum absolute atomic E-state index is 0.154. The summed E-state index contributed by atoms with van der Waals surface area (Å²) in [5.41, 5.74) is 6.36. The average molecular weight is 620 g/mol. The number of carboxylic acid groups (broad SMARTS) is 1. The first-order valence-electron chi connectivity index (χ1n) is 14.7.